The second-order valence-corrected chi connectivity index (χ2v) is 15.0. The number of hydrogen-bond donors (Lipinski definition) is 13. The summed E-state index contributed by atoms with van der Waals surface area (Å²) in [6.45, 7) is 6.74. The summed E-state index contributed by atoms with van der Waals surface area (Å²) in [4.78, 5) is 104. The predicted molar refractivity (Wildman–Crippen MR) is 215 cm³/mol. The Morgan fingerprint density at radius 3 is 1.49 bits per heavy atom. The van der Waals surface area contributed by atoms with Gasteiger partial charge in [0.25, 0.3) is 0 Å². The largest absolute Gasteiger partial charge is 0.508 e. The standard InChI is InChI=1S/C38H64N10O11/c1-20(2)14-26(43-31(52)17-40)36(57)46-28(16-23-9-11-24(51)12-10-23)35(56)42-22(5)33(54)48-30(19-50)38(59)44-25(8-6-7-13-39)34(55)45-27(15-21(3)4)37(58)47-29(18-49)32(41)53/h9-12,20-22,25-30,49-51H,6-8,13-19,39-40H2,1-5H3,(H2,41,53)(H,42,56)(H,43,52)(H,44,59)(H,45,55)(H,46,57)(H,47,58)(H,48,54)/t22-,25-,26-,27-,28-,29-,30-/m0/s1. The summed E-state index contributed by atoms with van der Waals surface area (Å²) in [5.41, 5.74) is 16.8. The van der Waals surface area contributed by atoms with Crippen LogP contribution in [-0.2, 0) is 44.8 Å². The van der Waals surface area contributed by atoms with E-state index in [1.165, 1.54) is 31.2 Å². The number of unbranched alkanes of at least 4 members (excludes halogenated alkanes) is 1. The molecule has 1 aromatic rings. The summed E-state index contributed by atoms with van der Waals surface area (Å²) in [6, 6.07) is -3.32. The Bertz CT molecular complexity index is 1560. The van der Waals surface area contributed by atoms with Crippen LogP contribution in [0.2, 0.25) is 0 Å². The molecule has 1 aromatic carbocycles. The number of phenols is 1. The number of carbonyl (C=O) groups is 8. The summed E-state index contributed by atoms with van der Waals surface area (Å²) in [7, 11) is 0. The molecule has 0 heterocycles. The van der Waals surface area contributed by atoms with Gasteiger partial charge < -0.3 is 69.7 Å². The van der Waals surface area contributed by atoms with Gasteiger partial charge in [0.1, 0.15) is 48.0 Å². The number of aliphatic hydroxyl groups excluding tert-OH is 2. The number of aliphatic hydroxyl groups is 2. The lowest BCUT2D eigenvalue weighted by molar-refractivity contribution is -0.136. The molecule has 0 radical (unpaired) electrons. The zero-order valence-corrected chi connectivity index (χ0v) is 34.4. The molecule has 7 atom stereocenters. The minimum Gasteiger partial charge on any atom is -0.508 e. The molecule has 59 heavy (non-hydrogen) atoms. The molecule has 0 spiro atoms. The third-order valence-electron chi connectivity index (χ3n) is 8.88. The molecule has 0 aromatic heterocycles. The van der Waals surface area contributed by atoms with Gasteiger partial charge in [0, 0.05) is 6.42 Å². The first-order valence-electron chi connectivity index (χ1n) is 19.6. The normalized spacial score (nSPS) is 14.7. The quantitative estimate of drug-likeness (QED) is 0.0376. The molecule has 0 saturated carbocycles. The second kappa shape index (κ2) is 26.6. The minimum absolute atomic E-state index is 0.0347. The molecule has 21 nitrogen and oxygen atoms in total. The van der Waals surface area contributed by atoms with Gasteiger partial charge in [-0.15, -0.1) is 0 Å². The van der Waals surface area contributed by atoms with Gasteiger partial charge in [-0.2, -0.15) is 0 Å². The predicted octanol–water partition coefficient (Wildman–Crippen LogP) is -4.00. The van der Waals surface area contributed by atoms with E-state index in [0.29, 0.717) is 18.4 Å². The SMILES string of the molecule is CC(C)C[C@H](NC(=O)CN)C(=O)N[C@@H](Cc1ccc(O)cc1)C(=O)N[C@@H](C)C(=O)N[C@@H](CO)C(=O)N[C@@H](CCCCN)C(=O)N[C@@H](CC(C)C)C(=O)N[C@@H](CO)C(N)=O. The fraction of sp³-hybridized carbons (Fsp3) is 0.632. The topological polar surface area (TPSA) is 360 Å². The van der Waals surface area contributed by atoms with Gasteiger partial charge in [0.15, 0.2) is 0 Å². The van der Waals surface area contributed by atoms with Crippen molar-refractivity contribution in [3.63, 3.8) is 0 Å². The summed E-state index contributed by atoms with van der Waals surface area (Å²) >= 11 is 0. The number of carbonyl (C=O) groups excluding carboxylic acids is 8. The molecule has 0 bridgehead atoms. The number of benzene rings is 1. The van der Waals surface area contributed by atoms with Crippen LogP contribution in [0.4, 0.5) is 0 Å². The first kappa shape index (κ1) is 51.6. The van der Waals surface area contributed by atoms with E-state index in [2.05, 4.69) is 37.2 Å². The average Bonchev–Trinajstić information content (AvgIpc) is 3.17. The Kier molecular flexibility index (Phi) is 23.3. The number of amides is 8. The van der Waals surface area contributed by atoms with Crippen LogP contribution in [0.5, 0.6) is 5.75 Å². The van der Waals surface area contributed by atoms with Crippen molar-refractivity contribution >= 4 is 47.3 Å². The molecule has 0 aliphatic carbocycles. The highest BCUT2D eigenvalue weighted by Gasteiger charge is 2.33. The van der Waals surface area contributed by atoms with Crippen molar-refractivity contribution in [2.75, 3.05) is 26.3 Å². The lowest BCUT2D eigenvalue weighted by Crippen LogP contribution is -2.60. The number of nitrogens with two attached hydrogens (primary N) is 3. The van der Waals surface area contributed by atoms with Gasteiger partial charge in [0.05, 0.1) is 19.8 Å². The Morgan fingerprint density at radius 1 is 0.559 bits per heavy atom. The summed E-state index contributed by atoms with van der Waals surface area (Å²) < 4.78 is 0. The average molecular weight is 837 g/mol. The Morgan fingerprint density at radius 2 is 1.00 bits per heavy atom. The van der Waals surface area contributed by atoms with E-state index in [9.17, 15) is 53.7 Å². The molecule has 0 unspecified atom stereocenters. The summed E-state index contributed by atoms with van der Waals surface area (Å²) in [5.74, 6) is -6.75. The summed E-state index contributed by atoms with van der Waals surface area (Å²) in [6.07, 6.45) is 1.13. The van der Waals surface area contributed by atoms with Crippen LogP contribution in [0.3, 0.4) is 0 Å². The highest BCUT2D eigenvalue weighted by atomic mass is 16.3. The van der Waals surface area contributed by atoms with Crippen LogP contribution < -0.4 is 54.4 Å². The Labute approximate surface area is 344 Å². The molecule has 0 aliphatic rings. The fourth-order valence-electron chi connectivity index (χ4n) is 5.66. The van der Waals surface area contributed by atoms with E-state index >= 15 is 0 Å². The molecule has 332 valence electrons. The molecular formula is C38H64N10O11. The van der Waals surface area contributed by atoms with Gasteiger partial charge in [-0.1, -0.05) is 39.8 Å². The van der Waals surface area contributed by atoms with Crippen molar-refractivity contribution in [3.05, 3.63) is 29.8 Å². The van der Waals surface area contributed by atoms with Crippen molar-refractivity contribution in [2.24, 2.45) is 29.0 Å². The molecule has 0 saturated heterocycles. The van der Waals surface area contributed by atoms with Crippen molar-refractivity contribution in [1.82, 2.24) is 37.2 Å². The first-order valence-corrected chi connectivity index (χ1v) is 19.6. The van der Waals surface area contributed by atoms with E-state index in [0.717, 1.165) is 0 Å². The molecule has 16 N–H and O–H groups in total. The van der Waals surface area contributed by atoms with Crippen LogP contribution in [0, 0.1) is 11.8 Å². The highest BCUT2D eigenvalue weighted by molar-refractivity contribution is 5.97. The van der Waals surface area contributed by atoms with Crippen LogP contribution in [0.1, 0.15) is 72.3 Å². The number of nitrogens with one attached hydrogen (secondary N) is 7. The first-order chi connectivity index (χ1) is 27.8. The maximum Gasteiger partial charge on any atom is 0.245 e. The monoisotopic (exact) mass is 836 g/mol. The minimum atomic E-state index is -1.61. The van der Waals surface area contributed by atoms with Crippen molar-refractivity contribution in [1.29, 1.82) is 0 Å². The maximum absolute atomic E-state index is 13.6. The zero-order valence-electron chi connectivity index (χ0n) is 34.4. The van der Waals surface area contributed by atoms with Gasteiger partial charge in [0.2, 0.25) is 47.3 Å². The second-order valence-electron chi connectivity index (χ2n) is 15.0. The lowest BCUT2D eigenvalue weighted by atomic mass is 10.0. The fourth-order valence-corrected chi connectivity index (χ4v) is 5.66. The summed E-state index contributed by atoms with van der Waals surface area (Å²) in [5, 5.41) is 46.6. The van der Waals surface area contributed by atoms with Gasteiger partial charge >= 0.3 is 0 Å². The van der Waals surface area contributed by atoms with Crippen LogP contribution >= 0.6 is 0 Å². The van der Waals surface area contributed by atoms with Crippen molar-refractivity contribution in [3.8, 4) is 5.75 Å². The molecule has 0 fully saturated rings. The molecule has 8 amide bonds. The third-order valence-corrected chi connectivity index (χ3v) is 8.88. The number of phenolic OH excluding ortho intramolecular Hbond substituents is 1. The van der Waals surface area contributed by atoms with Gasteiger partial charge in [-0.05, 0) is 75.1 Å². The maximum atomic E-state index is 13.6. The molecular weight excluding hydrogens is 772 g/mol. The van der Waals surface area contributed by atoms with Gasteiger partial charge in [-0.3, -0.25) is 38.4 Å². The van der Waals surface area contributed by atoms with Gasteiger partial charge in [-0.25, -0.2) is 0 Å². The van der Waals surface area contributed by atoms with Crippen molar-refractivity contribution < 1.29 is 53.7 Å². The van der Waals surface area contributed by atoms with Crippen molar-refractivity contribution in [2.45, 2.75) is 115 Å². The third kappa shape index (κ3) is 19.3. The number of primary amides is 1. The van der Waals surface area contributed by atoms with E-state index in [1.54, 1.807) is 13.8 Å². The molecule has 0 aliphatic heterocycles. The van der Waals surface area contributed by atoms with E-state index in [1.807, 2.05) is 13.8 Å². The number of hydrogen-bond acceptors (Lipinski definition) is 13. The Hall–Kier alpha value is -5.38. The van der Waals surface area contributed by atoms with Crippen LogP contribution in [-0.4, -0.2) is 131 Å². The lowest BCUT2D eigenvalue weighted by Gasteiger charge is -2.27. The van der Waals surface area contributed by atoms with E-state index in [-0.39, 0.29) is 56.4 Å². The smallest absolute Gasteiger partial charge is 0.245 e. The van der Waals surface area contributed by atoms with E-state index in [4.69, 9.17) is 17.2 Å². The van der Waals surface area contributed by atoms with Crippen LogP contribution in [0.15, 0.2) is 24.3 Å². The molecule has 1 rings (SSSR count). The molecule has 21 heteroatoms. The number of aromatic hydroxyl groups is 1. The zero-order chi connectivity index (χ0) is 44.8. The van der Waals surface area contributed by atoms with Crippen LogP contribution in [0.25, 0.3) is 0 Å². The van der Waals surface area contributed by atoms with E-state index < -0.39 is 103 Å². The number of rotatable bonds is 27. The highest BCUT2D eigenvalue weighted by Crippen LogP contribution is 2.13. The Balaban J connectivity index is 3.20.